The Morgan fingerprint density at radius 2 is 2.33 bits per heavy atom. The van der Waals surface area contributed by atoms with Crippen LogP contribution >= 0.6 is 23.7 Å². The van der Waals surface area contributed by atoms with Gasteiger partial charge in [0.2, 0.25) is 5.91 Å². The van der Waals surface area contributed by atoms with Crippen LogP contribution in [-0.2, 0) is 4.79 Å². The molecule has 1 aliphatic heterocycles. The molecule has 2 fully saturated rings. The zero-order chi connectivity index (χ0) is 14.2. The minimum atomic E-state index is -0.193. The molecule has 2 N–H and O–H groups in total. The number of thiazole rings is 1. The molecular weight excluding hydrogens is 306 g/mol. The summed E-state index contributed by atoms with van der Waals surface area (Å²) in [6, 6.07) is 0. The molecule has 3 rings (SSSR count). The highest BCUT2D eigenvalue weighted by atomic mass is 35.5. The largest absolute Gasteiger partial charge is 0.315 e. The van der Waals surface area contributed by atoms with Crippen LogP contribution in [0.15, 0.2) is 6.20 Å². The van der Waals surface area contributed by atoms with E-state index in [2.05, 4.69) is 29.5 Å². The number of carbonyl (C=O) groups is 1. The van der Waals surface area contributed by atoms with Gasteiger partial charge in [0.15, 0.2) is 5.13 Å². The van der Waals surface area contributed by atoms with E-state index in [1.165, 1.54) is 24.1 Å². The van der Waals surface area contributed by atoms with Gasteiger partial charge < -0.3 is 10.6 Å². The first-order valence-corrected chi connectivity index (χ1v) is 8.41. The van der Waals surface area contributed by atoms with E-state index in [-0.39, 0.29) is 23.7 Å². The highest BCUT2D eigenvalue weighted by Gasteiger charge is 2.49. The van der Waals surface area contributed by atoms with Gasteiger partial charge >= 0.3 is 0 Å². The monoisotopic (exact) mass is 329 g/mol. The molecule has 1 aromatic rings. The molecule has 1 saturated heterocycles. The number of hydrogen-bond acceptors (Lipinski definition) is 4. The summed E-state index contributed by atoms with van der Waals surface area (Å²) in [7, 11) is 0. The van der Waals surface area contributed by atoms with Crippen LogP contribution in [0, 0.1) is 11.3 Å². The predicted molar refractivity (Wildman–Crippen MR) is 89.3 cm³/mol. The van der Waals surface area contributed by atoms with Crippen molar-refractivity contribution in [3.8, 4) is 0 Å². The smallest absolute Gasteiger partial charge is 0.233 e. The fourth-order valence-electron chi connectivity index (χ4n) is 3.52. The summed E-state index contributed by atoms with van der Waals surface area (Å²) >= 11 is 1.60. The Morgan fingerprint density at radius 1 is 1.52 bits per heavy atom. The lowest BCUT2D eigenvalue weighted by Gasteiger charge is -2.36. The first kappa shape index (κ1) is 16.7. The van der Waals surface area contributed by atoms with Crippen LogP contribution in [0.5, 0.6) is 0 Å². The minimum absolute atomic E-state index is 0. The van der Waals surface area contributed by atoms with Crippen molar-refractivity contribution in [2.45, 2.75) is 45.4 Å². The van der Waals surface area contributed by atoms with Gasteiger partial charge in [-0.05, 0) is 31.2 Å². The molecule has 1 saturated carbocycles. The Balaban J connectivity index is 0.00000161. The van der Waals surface area contributed by atoms with Crippen LogP contribution in [0.3, 0.4) is 0 Å². The Bertz CT molecular complexity index is 505. The van der Waals surface area contributed by atoms with E-state index in [4.69, 9.17) is 0 Å². The van der Waals surface area contributed by atoms with Crippen molar-refractivity contribution in [2.75, 3.05) is 18.4 Å². The summed E-state index contributed by atoms with van der Waals surface area (Å²) in [6.45, 7) is 6.11. The maximum atomic E-state index is 12.8. The van der Waals surface area contributed by atoms with Crippen molar-refractivity contribution >= 4 is 34.8 Å². The Hall–Kier alpha value is -0.650. The number of aromatic nitrogens is 1. The van der Waals surface area contributed by atoms with Gasteiger partial charge in [0, 0.05) is 17.6 Å². The number of nitrogens with zero attached hydrogens (tertiary/aromatic N) is 1. The second-order valence-corrected chi connectivity index (χ2v) is 7.47. The van der Waals surface area contributed by atoms with Crippen LogP contribution in [0.25, 0.3) is 0 Å². The lowest BCUT2D eigenvalue weighted by Crippen LogP contribution is -2.44. The summed E-state index contributed by atoms with van der Waals surface area (Å²) in [6.07, 6.45) is 6.50. The standard InChI is InChI=1S/C15H23N3OS.ClH/c1-10(2)12-8-17-14(20-12)18-13(19)15-6-4-3-5-11(15)7-16-9-15;/h8,10-11,16H,3-7,9H2,1-2H3,(H,17,18,19);1H/t11-,15+;/m0./s1. The molecule has 2 atom stereocenters. The number of amides is 1. The molecule has 0 radical (unpaired) electrons. The van der Waals surface area contributed by atoms with Crippen LogP contribution < -0.4 is 10.6 Å². The predicted octanol–water partition coefficient (Wildman–Crippen LogP) is 3.41. The number of anilines is 1. The van der Waals surface area contributed by atoms with Crippen LogP contribution in [0.4, 0.5) is 5.13 Å². The summed E-state index contributed by atoms with van der Waals surface area (Å²) in [5, 5.41) is 7.25. The van der Waals surface area contributed by atoms with E-state index in [0.29, 0.717) is 11.8 Å². The second-order valence-electron chi connectivity index (χ2n) is 6.41. The normalized spacial score (nSPS) is 28.0. The quantitative estimate of drug-likeness (QED) is 0.893. The minimum Gasteiger partial charge on any atom is -0.315 e. The lowest BCUT2D eigenvalue weighted by atomic mass is 9.68. The molecule has 6 heteroatoms. The fraction of sp³-hybridized carbons (Fsp3) is 0.733. The number of nitrogens with one attached hydrogen (secondary N) is 2. The third-order valence-electron chi connectivity index (χ3n) is 4.80. The number of fused-ring (bicyclic) bond motifs is 1. The zero-order valence-corrected chi connectivity index (χ0v) is 14.3. The molecule has 0 bridgehead atoms. The molecule has 1 aliphatic carbocycles. The van der Waals surface area contributed by atoms with Gasteiger partial charge in [0.05, 0.1) is 5.41 Å². The molecule has 0 aromatic carbocycles. The van der Waals surface area contributed by atoms with Gasteiger partial charge in [-0.3, -0.25) is 4.79 Å². The average Bonchev–Trinajstić information content (AvgIpc) is 3.04. The molecule has 0 unspecified atom stereocenters. The molecule has 0 spiro atoms. The molecule has 118 valence electrons. The van der Waals surface area contributed by atoms with E-state index < -0.39 is 0 Å². The third kappa shape index (κ3) is 3.10. The van der Waals surface area contributed by atoms with E-state index in [1.807, 2.05) is 6.20 Å². The zero-order valence-electron chi connectivity index (χ0n) is 12.6. The molecular formula is C15H24ClN3OS. The maximum Gasteiger partial charge on any atom is 0.233 e. The first-order valence-electron chi connectivity index (χ1n) is 7.60. The van der Waals surface area contributed by atoms with Crippen molar-refractivity contribution in [1.29, 1.82) is 0 Å². The van der Waals surface area contributed by atoms with Crippen LogP contribution in [0.1, 0.15) is 50.3 Å². The van der Waals surface area contributed by atoms with Crippen LogP contribution in [-0.4, -0.2) is 24.0 Å². The topological polar surface area (TPSA) is 54.0 Å². The summed E-state index contributed by atoms with van der Waals surface area (Å²) < 4.78 is 0. The first-order chi connectivity index (χ1) is 9.62. The van der Waals surface area contributed by atoms with Gasteiger partial charge in [-0.25, -0.2) is 4.98 Å². The lowest BCUT2D eigenvalue weighted by molar-refractivity contribution is -0.128. The Kier molecular flexibility index (Phi) is 5.28. The highest BCUT2D eigenvalue weighted by Crippen LogP contribution is 2.44. The third-order valence-corrected chi connectivity index (χ3v) is 6.02. The molecule has 2 heterocycles. The van der Waals surface area contributed by atoms with Gasteiger partial charge in [-0.15, -0.1) is 23.7 Å². The van der Waals surface area contributed by atoms with E-state index in [1.54, 1.807) is 11.3 Å². The van der Waals surface area contributed by atoms with Gasteiger partial charge in [0.1, 0.15) is 0 Å². The summed E-state index contributed by atoms with van der Waals surface area (Å²) in [5.41, 5.74) is -0.193. The Morgan fingerprint density at radius 3 is 3.05 bits per heavy atom. The summed E-state index contributed by atoms with van der Waals surface area (Å²) in [5.74, 6) is 1.14. The Labute approximate surface area is 136 Å². The van der Waals surface area contributed by atoms with E-state index in [9.17, 15) is 4.79 Å². The SMILES string of the molecule is CC(C)c1cnc(NC(=O)[C@@]23CCCC[C@H]2CNC3)s1.Cl. The second kappa shape index (κ2) is 6.63. The highest BCUT2D eigenvalue weighted by molar-refractivity contribution is 7.15. The number of rotatable bonds is 3. The van der Waals surface area contributed by atoms with E-state index in [0.717, 1.165) is 24.6 Å². The molecule has 21 heavy (non-hydrogen) atoms. The van der Waals surface area contributed by atoms with E-state index >= 15 is 0 Å². The van der Waals surface area contributed by atoms with Crippen molar-refractivity contribution in [1.82, 2.24) is 10.3 Å². The molecule has 1 aromatic heterocycles. The van der Waals surface area contributed by atoms with Crippen molar-refractivity contribution < 1.29 is 4.79 Å². The van der Waals surface area contributed by atoms with Crippen molar-refractivity contribution in [2.24, 2.45) is 11.3 Å². The summed E-state index contributed by atoms with van der Waals surface area (Å²) in [4.78, 5) is 18.3. The maximum absolute atomic E-state index is 12.8. The van der Waals surface area contributed by atoms with Crippen molar-refractivity contribution in [3.63, 3.8) is 0 Å². The fourth-order valence-corrected chi connectivity index (χ4v) is 4.34. The molecule has 4 nitrogen and oxygen atoms in total. The van der Waals surface area contributed by atoms with Gasteiger partial charge in [-0.1, -0.05) is 26.7 Å². The van der Waals surface area contributed by atoms with Gasteiger partial charge in [-0.2, -0.15) is 0 Å². The average molecular weight is 330 g/mol. The number of halogens is 1. The van der Waals surface area contributed by atoms with Gasteiger partial charge in [0.25, 0.3) is 0 Å². The number of hydrogen-bond donors (Lipinski definition) is 2. The number of carbonyl (C=O) groups excluding carboxylic acids is 1. The molecule has 1 amide bonds. The van der Waals surface area contributed by atoms with Crippen LogP contribution in [0.2, 0.25) is 0 Å². The molecule has 2 aliphatic rings. The van der Waals surface area contributed by atoms with Crippen molar-refractivity contribution in [3.05, 3.63) is 11.1 Å².